The van der Waals surface area contributed by atoms with Crippen molar-refractivity contribution in [2.75, 3.05) is 5.33 Å². The molecule has 78 valence electrons. The van der Waals surface area contributed by atoms with Gasteiger partial charge in [0.2, 0.25) is 0 Å². The number of aryl methyl sites for hydroxylation is 1. The Labute approximate surface area is 101 Å². The molecule has 15 heavy (non-hydrogen) atoms. The van der Waals surface area contributed by atoms with Crippen LogP contribution in [0.4, 0.5) is 0 Å². The van der Waals surface area contributed by atoms with Crippen molar-refractivity contribution >= 4 is 27.5 Å². The first-order chi connectivity index (χ1) is 7.29. The third-order valence-electron chi connectivity index (χ3n) is 2.04. The van der Waals surface area contributed by atoms with Crippen molar-refractivity contribution in [3.05, 3.63) is 41.1 Å². The summed E-state index contributed by atoms with van der Waals surface area (Å²) in [5.74, 6) is 0.886. The van der Waals surface area contributed by atoms with Crippen LogP contribution >= 0.6 is 27.5 Å². The lowest BCUT2D eigenvalue weighted by molar-refractivity contribution is 0.390. The summed E-state index contributed by atoms with van der Waals surface area (Å²) in [6.45, 7) is 0. The first-order valence-electron chi connectivity index (χ1n) is 4.57. The lowest BCUT2D eigenvalue weighted by Crippen LogP contribution is -1.79. The van der Waals surface area contributed by atoms with Crippen LogP contribution in [0.25, 0.3) is 11.3 Å². The Hall–Kier alpha value is -0.800. The molecule has 2 aromatic rings. The van der Waals surface area contributed by atoms with Gasteiger partial charge in [-0.25, -0.2) is 0 Å². The third-order valence-corrected chi connectivity index (χ3v) is 2.69. The molecule has 1 heterocycles. The second kappa shape index (κ2) is 4.81. The molecule has 0 fully saturated rings. The maximum absolute atomic E-state index is 5.80. The number of alkyl halides is 1. The molecule has 0 N–H and O–H groups in total. The molecule has 0 radical (unpaired) electrons. The number of hydrogen-bond donors (Lipinski definition) is 0. The Morgan fingerprint density at radius 3 is 2.67 bits per heavy atom. The van der Waals surface area contributed by atoms with E-state index in [9.17, 15) is 0 Å². The Balaban J connectivity index is 2.25. The summed E-state index contributed by atoms with van der Waals surface area (Å²) in [6, 6.07) is 9.49. The van der Waals surface area contributed by atoms with Gasteiger partial charge in [0, 0.05) is 28.4 Å². The van der Waals surface area contributed by atoms with Gasteiger partial charge < -0.3 is 4.52 Å². The minimum atomic E-state index is 0.725. The fourth-order valence-corrected chi connectivity index (χ4v) is 1.80. The number of halogens is 2. The van der Waals surface area contributed by atoms with Crippen LogP contribution < -0.4 is 0 Å². The van der Waals surface area contributed by atoms with Crippen molar-refractivity contribution in [3.8, 4) is 11.3 Å². The van der Waals surface area contributed by atoms with E-state index in [0.717, 1.165) is 33.8 Å². The smallest absolute Gasteiger partial charge is 0.138 e. The summed E-state index contributed by atoms with van der Waals surface area (Å²) in [7, 11) is 0. The first-order valence-corrected chi connectivity index (χ1v) is 6.07. The van der Waals surface area contributed by atoms with Gasteiger partial charge in [0.05, 0.1) is 0 Å². The molecule has 2 rings (SSSR count). The van der Waals surface area contributed by atoms with Crippen LogP contribution in [0, 0.1) is 0 Å². The predicted octanol–water partition coefficient (Wildman–Crippen LogP) is 3.93. The van der Waals surface area contributed by atoms with Crippen LogP contribution in [-0.4, -0.2) is 10.5 Å². The maximum Gasteiger partial charge on any atom is 0.138 e. The SMILES string of the molecule is Clc1ccc(-c2cc(CCBr)on2)cc1. The number of nitrogens with zero attached hydrogens (tertiary/aromatic N) is 1. The van der Waals surface area contributed by atoms with Crippen LogP contribution in [0.2, 0.25) is 5.02 Å². The van der Waals surface area contributed by atoms with Gasteiger partial charge in [-0.05, 0) is 12.1 Å². The number of aromatic nitrogens is 1. The van der Waals surface area contributed by atoms with Crippen molar-refractivity contribution in [2.24, 2.45) is 0 Å². The molecule has 2 nitrogen and oxygen atoms in total. The largest absolute Gasteiger partial charge is 0.361 e. The zero-order chi connectivity index (χ0) is 10.7. The molecule has 0 spiro atoms. The van der Waals surface area contributed by atoms with E-state index in [-0.39, 0.29) is 0 Å². The quantitative estimate of drug-likeness (QED) is 0.799. The topological polar surface area (TPSA) is 26.0 Å². The first kappa shape index (κ1) is 10.7. The minimum absolute atomic E-state index is 0.725. The highest BCUT2D eigenvalue weighted by atomic mass is 79.9. The molecule has 1 aromatic carbocycles. The second-order valence-electron chi connectivity index (χ2n) is 3.12. The van der Waals surface area contributed by atoms with Crippen molar-refractivity contribution < 1.29 is 4.52 Å². The zero-order valence-electron chi connectivity index (χ0n) is 7.91. The monoisotopic (exact) mass is 285 g/mol. The van der Waals surface area contributed by atoms with E-state index in [0.29, 0.717) is 0 Å². The van der Waals surface area contributed by atoms with E-state index in [1.807, 2.05) is 30.3 Å². The van der Waals surface area contributed by atoms with Crippen LogP contribution in [0.5, 0.6) is 0 Å². The van der Waals surface area contributed by atoms with Crippen molar-refractivity contribution in [2.45, 2.75) is 6.42 Å². The standard InChI is InChI=1S/C11H9BrClNO/c12-6-5-10-7-11(14-15-10)8-1-3-9(13)4-2-8/h1-4,7H,5-6H2. The Kier molecular flexibility index (Phi) is 3.44. The summed E-state index contributed by atoms with van der Waals surface area (Å²) in [5, 5.41) is 5.60. The van der Waals surface area contributed by atoms with Crippen molar-refractivity contribution in [1.29, 1.82) is 0 Å². The molecule has 0 saturated carbocycles. The molecule has 4 heteroatoms. The molecule has 0 aliphatic heterocycles. The molecule has 0 aliphatic rings. The summed E-state index contributed by atoms with van der Waals surface area (Å²) >= 11 is 9.16. The molecular weight excluding hydrogens is 277 g/mol. The van der Waals surface area contributed by atoms with E-state index in [1.54, 1.807) is 0 Å². The third kappa shape index (κ3) is 2.61. The van der Waals surface area contributed by atoms with Gasteiger partial charge in [-0.1, -0.05) is 44.8 Å². The van der Waals surface area contributed by atoms with Crippen LogP contribution in [0.3, 0.4) is 0 Å². The highest BCUT2D eigenvalue weighted by Gasteiger charge is 2.05. The van der Waals surface area contributed by atoms with E-state index >= 15 is 0 Å². The minimum Gasteiger partial charge on any atom is -0.361 e. The van der Waals surface area contributed by atoms with Crippen molar-refractivity contribution in [1.82, 2.24) is 5.16 Å². The van der Waals surface area contributed by atoms with Gasteiger partial charge in [0.15, 0.2) is 0 Å². The maximum atomic E-state index is 5.80. The predicted molar refractivity (Wildman–Crippen MR) is 64.4 cm³/mol. The summed E-state index contributed by atoms with van der Waals surface area (Å²) in [5.41, 5.74) is 1.87. The molecule has 0 aliphatic carbocycles. The second-order valence-corrected chi connectivity index (χ2v) is 4.35. The molecular formula is C11H9BrClNO. The zero-order valence-corrected chi connectivity index (χ0v) is 10.3. The van der Waals surface area contributed by atoms with Gasteiger partial charge in [-0.15, -0.1) is 0 Å². The molecule has 0 atom stereocenters. The van der Waals surface area contributed by atoms with Gasteiger partial charge in [-0.2, -0.15) is 0 Å². The molecule has 0 amide bonds. The van der Waals surface area contributed by atoms with Gasteiger partial charge >= 0.3 is 0 Å². The van der Waals surface area contributed by atoms with Gasteiger partial charge in [0.1, 0.15) is 11.5 Å². The summed E-state index contributed by atoms with van der Waals surface area (Å²) < 4.78 is 5.18. The molecule has 0 unspecified atom stereocenters. The van der Waals surface area contributed by atoms with Crippen LogP contribution in [0.15, 0.2) is 34.9 Å². The number of hydrogen-bond acceptors (Lipinski definition) is 2. The average molecular weight is 287 g/mol. The lowest BCUT2D eigenvalue weighted by atomic mass is 10.1. The Morgan fingerprint density at radius 1 is 1.27 bits per heavy atom. The van der Waals surface area contributed by atoms with Crippen LogP contribution in [0.1, 0.15) is 5.76 Å². The normalized spacial score (nSPS) is 10.5. The van der Waals surface area contributed by atoms with Gasteiger partial charge in [0.25, 0.3) is 0 Å². The van der Waals surface area contributed by atoms with E-state index in [2.05, 4.69) is 21.1 Å². The molecule has 0 bridgehead atoms. The number of rotatable bonds is 3. The summed E-state index contributed by atoms with van der Waals surface area (Å²) in [6.07, 6.45) is 0.848. The van der Waals surface area contributed by atoms with Crippen molar-refractivity contribution in [3.63, 3.8) is 0 Å². The molecule has 1 aromatic heterocycles. The fraction of sp³-hybridized carbons (Fsp3) is 0.182. The summed E-state index contributed by atoms with van der Waals surface area (Å²) in [4.78, 5) is 0. The Morgan fingerprint density at radius 2 is 2.00 bits per heavy atom. The van der Waals surface area contributed by atoms with E-state index in [1.165, 1.54) is 0 Å². The van der Waals surface area contributed by atoms with Crippen LogP contribution in [-0.2, 0) is 6.42 Å². The lowest BCUT2D eigenvalue weighted by Gasteiger charge is -1.93. The highest BCUT2D eigenvalue weighted by Crippen LogP contribution is 2.21. The Bertz CT molecular complexity index is 438. The number of benzene rings is 1. The average Bonchev–Trinajstić information content (AvgIpc) is 2.68. The molecule has 0 saturated heterocycles. The fourth-order valence-electron chi connectivity index (χ4n) is 1.28. The van der Waals surface area contributed by atoms with E-state index in [4.69, 9.17) is 16.1 Å². The van der Waals surface area contributed by atoms with E-state index < -0.39 is 0 Å². The highest BCUT2D eigenvalue weighted by molar-refractivity contribution is 9.09. The van der Waals surface area contributed by atoms with Gasteiger partial charge in [-0.3, -0.25) is 0 Å².